The van der Waals surface area contributed by atoms with Gasteiger partial charge in [0.25, 0.3) is 10.0 Å². The Morgan fingerprint density at radius 3 is 2.65 bits per heavy atom. The number of ether oxygens (including phenoxy) is 1. The molecule has 8 heteroatoms. The quantitative estimate of drug-likeness (QED) is 0.806. The van der Waals surface area contributed by atoms with Crippen molar-refractivity contribution in [2.24, 2.45) is 4.40 Å². The van der Waals surface area contributed by atoms with Crippen LogP contribution in [0.25, 0.3) is 5.57 Å². The van der Waals surface area contributed by atoms with Crippen molar-refractivity contribution in [3.8, 4) is 11.6 Å². The third-order valence-corrected chi connectivity index (χ3v) is 5.32. The van der Waals surface area contributed by atoms with E-state index in [0.29, 0.717) is 29.0 Å². The lowest BCUT2D eigenvalue weighted by Crippen LogP contribution is -2.37. The predicted molar refractivity (Wildman–Crippen MR) is 101 cm³/mol. The van der Waals surface area contributed by atoms with Crippen molar-refractivity contribution in [3.05, 3.63) is 71.5 Å². The van der Waals surface area contributed by atoms with Crippen LogP contribution in [0.15, 0.2) is 65.3 Å². The molecule has 3 heterocycles. The third kappa shape index (κ3) is 3.49. The summed E-state index contributed by atoms with van der Waals surface area (Å²) in [6, 6.07) is 10.7. The fourth-order valence-corrected chi connectivity index (χ4v) is 3.78. The molecule has 1 aromatic heterocycles. The number of aromatic nitrogens is 1. The van der Waals surface area contributed by atoms with E-state index < -0.39 is 10.0 Å². The van der Waals surface area contributed by atoms with Gasteiger partial charge in [0.1, 0.15) is 5.75 Å². The normalized spacial score (nSPS) is 18.0. The van der Waals surface area contributed by atoms with E-state index in [1.165, 1.54) is 6.20 Å². The average molecular weight is 388 g/mol. The number of allylic oxidation sites excluding steroid dienone is 2. The number of benzene rings is 1. The Kier molecular flexibility index (Phi) is 4.26. The van der Waals surface area contributed by atoms with Crippen LogP contribution in [0, 0.1) is 0 Å². The summed E-state index contributed by atoms with van der Waals surface area (Å²) in [5.74, 6) is 1.53. The second kappa shape index (κ2) is 6.59. The van der Waals surface area contributed by atoms with Crippen molar-refractivity contribution < 1.29 is 13.2 Å². The number of hydrogen-bond acceptors (Lipinski definition) is 5. The number of hydrogen-bond donors (Lipinski definition) is 0. The monoisotopic (exact) mass is 387 g/mol. The lowest BCUT2D eigenvalue weighted by molar-refractivity contribution is 0.463. The van der Waals surface area contributed by atoms with E-state index in [1.807, 2.05) is 35.4 Å². The Balaban J connectivity index is 1.60. The Labute approximate surface area is 156 Å². The molecule has 0 saturated carbocycles. The molecule has 0 fully saturated rings. The minimum atomic E-state index is -3.42. The maximum absolute atomic E-state index is 11.9. The number of nitrogens with zero attached hydrogens (tertiary/aromatic N) is 3. The van der Waals surface area contributed by atoms with Crippen LogP contribution in [0.2, 0.25) is 5.02 Å². The number of halogens is 1. The summed E-state index contributed by atoms with van der Waals surface area (Å²) in [7, 11) is -3.42. The molecular weight excluding hydrogens is 374 g/mol. The van der Waals surface area contributed by atoms with Gasteiger partial charge in [-0.1, -0.05) is 23.7 Å². The molecule has 0 atom stereocenters. The fraction of sp³-hybridized carbons (Fsp3) is 0.111. The molecule has 26 heavy (non-hydrogen) atoms. The molecule has 0 unspecified atom stereocenters. The van der Waals surface area contributed by atoms with Gasteiger partial charge >= 0.3 is 0 Å². The lowest BCUT2D eigenvalue weighted by atomic mass is 10.0. The molecule has 4 rings (SSSR count). The summed E-state index contributed by atoms with van der Waals surface area (Å²) in [6.45, 7) is 0.401. The van der Waals surface area contributed by atoms with Gasteiger partial charge < -0.3 is 9.64 Å². The van der Waals surface area contributed by atoms with Gasteiger partial charge in [0.05, 0.1) is 10.8 Å². The Morgan fingerprint density at radius 2 is 1.92 bits per heavy atom. The standard InChI is InChI=1S/C18H14ClN3O3S/c19-14-5-8-17(20-12-14)25-15-6-3-13(4-7-15)16-2-1-9-22-10-11-26(23,24)21-18(16)22/h1-9,12H,10-11H2. The third-order valence-electron chi connectivity index (χ3n) is 3.95. The molecule has 132 valence electrons. The van der Waals surface area contributed by atoms with Crippen LogP contribution in [-0.4, -0.2) is 36.4 Å². The number of amidine groups is 1. The van der Waals surface area contributed by atoms with Crippen molar-refractivity contribution >= 4 is 33.0 Å². The molecule has 2 aliphatic heterocycles. The average Bonchev–Trinajstić information content (AvgIpc) is 2.63. The van der Waals surface area contributed by atoms with E-state index in [2.05, 4.69) is 9.38 Å². The van der Waals surface area contributed by atoms with Gasteiger partial charge in [-0.25, -0.2) is 13.4 Å². The smallest absolute Gasteiger partial charge is 0.256 e. The number of fused-ring (bicyclic) bond motifs is 1. The fourth-order valence-electron chi connectivity index (χ4n) is 2.69. The first kappa shape index (κ1) is 16.8. The van der Waals surface area contributed by atoms with Crippen LogP contribution in [0.5, 0.6) is 11.6 Å². The highest BCUT2D eigenvalue weighted by molar-refractivity contribution is 7.90. The van der Waals surface area contributed by atoms with Crippen molar-refractivity contribution in [1.29, 1.82) is 0 Å². The van der Waals surface area contributed by atoms with E-state index in [1.54, 1.807) is 24.3 Å². The van der Waals surface area contributed by atoms with Crippen molar-refractivity contribution in [3.63, 3.8) is 0 Å². The molecule has 0 spiro atoms. The highest BCUT2D eigenvalue weighted by atomic mass is 35.5. The molecule has 2 aliphatic rings. The van der Waals surface area contributed by atoms with Crippen molar-refractivity contribution in [1.82, 2.24) is 9.88 Å². The maximum atomic E-state index is 11.9. The Morgan fingerprint density at radius 1 is 1.12 bits per heavy atom. The van der Waals surface area contributed by atoms with Gasteiger partial charge in [0.15, 0.2) is 5.84 Å². The minimum Gasteiger partial charge on any atom is -0.439 e. The first-order valence-corrected chi connectivity index (χ1v) is 9.87. The number of pyridine rings is 1. The molecule has 0 saturated heterocycles. The summed E-state index contributed by atoms with van der Waals surface area (Å²) in [4.78, 5) is 5.93. The zero-order valence-electron chi connectivity index (χ0n) is 13.5. The SMILES string of the molecule is O=S1(=O)CCN2C=CC=C(c3ccc(Oc4ccc(Cl)cn4)cc3)C2=N1. The summed E-state index contributed by atoms with van der Waals surface area (Å²) in [6.07, 6.45) is 7.09. The van der Waals surface area contributed by atoms with E-state index in [0.717, 1.165) is 11.1 Å². The molecular formula is C18H14ClN3O3S. The molecule has 1 aromatic carbocycles. The van der Waals surface area contributed by atoms with E-state index in [-0.39, 0.29) is 5.75 Å². The Hall–Kier alpha value is -2.64. The van der Waals surface area contributed by atoms with Gasteiger partial charge in [0, 0.05) is 30.6 Å². The van der Waals surface area contributed by atoms with Crippen molar-refractivity contribution in [2.45, 2.75) is 0 Å². The second-order valence-electron chi connectivity index (χ2n) is 5.76. The van der Waals surface area contributed by atoms with E-state index in [4.69, 9.17) is 16.3 Å². The zero-order valence-corrected chi connectivity index (χ0v) is 15.1. The van der Waals surface area contributed by atoms with Gasteiger partial charge in [-0.3, -0.25) is 0 Å². The van der Waals surface area contributed by atoms with Crippen LogP contribution in [0.1, 0.15) is 5.56 Å². The molecule has 0 amide bonds. The zero-order chi connectivity index (χ0) is 18.1. The topological polar surface area (TPSA) is 71.9 Å². The molecule has 6 nitrogen and oxygen atoms in total. The summed E-state index contributed by atoms with van der Waals surface area (Å²) < 4.78 is 33.3. The van der Waals surface area contributed by atoms with Crippen LogP contribution in [-0.2, 0) is 10.0 Å². The van der Waals surface area contributed by atoms with Crippen LogP contribution in [0.4, 0.5) is 0 Å². The largest absolute Gasteiger partial charge is 0.439 e. The van der Waals surface area contributed by atoms with Crippen LogP contribution >= 0.6 is 11.6 Å². The highest BCUT2D eigenvalue weighted by Gasteiger charge is 2.27. The number of rotatable bonds is 3. The Bertz CT molecular complexity index is 1030. The first-order valence-electron chi connectivity index (χ1n) is 7.88. The molecule has 2 aromatic rings. The maximum Gasteiger partial charge on any atom is 0.256 e. The molecule has 0 radical (unpaired) electrons. The van der Waals surface area contributed by atoms with Gasteiger partial charge in [-0.2, -0.15) is 0 Å². The molecule has 0 N–H and O–H groups in total. The van der Waals surface area contributed by atoms with Crippen LogP contribution in [0.3, 0.4) is 0 Å². The molecule has 0 aliphatic carbocycles. The van der Waals surface area contributed by atoms with Crippen molar-refractivity contribution in [2.75, 3.05) is 12.3 Å². The summed E-state index contributed by atoms with van der Waals surface area (Å²) >= 11 is 5.81. The van der Waals surface area contributed by atoms with Crippen LogP contribution < -0.4 is 4.74 Å². The summed E-state index contributed by atoms with van der Waals surface area (Å²) in [5.41, 5.74) is 1.61. The minimum absolute atomic E-state index is 0.0228. The summed E-state index contributed by atoms with van der Waals surface area (Å²) in [5, 5.41) is 0.540. The second-order valence-corrected chi connectivity index (χ2v) is 7.95. The van der Waals surface area contributed by atoms with Gasteiger partial charge in [-0.05, 0) is 35.9 Å². The first-order chi connectivity index (χ1) is 12.5. The predicted octanol–water partition coefficient (Wildman–Crippen LogP) is 3.48. The highest BCUT2D eigenvalue weighted by Crippen LogP contribution is 2.28. The molecule has 0 bridgehead atoms. The lowest BCUT2D eigenvalue weighted by Gasteiger charge is -2.29. The van der Waals surface area contributed by atoms with Gasteiger partial charge in [-0.15, -0.1) is 4.40 Å². The van der Waals surface area contributed by atoms with E-state index in [9.17, 15) is 8.42 Å². The number of sulfonamides is 1. The van der Waals surface area contributed by atoms with Gasteiger partial charge in [0.2, 0.25) is 5.88 Å². The van der Waals surface area contributed by atoms with E-state index >= 15 is 0 Å².